The Hall–Kier alpha value is -2.03. The van der Waals surface area contributed by atoms with Gasteiger partial charge >= 0.3 is 0 Å². The van der Waals surface area contributed by atoms with Gasteiger partial charge in [-0.05, 0) is 18.4 Å². The number of hydrogen-bond donors (Lipinski definition) is 1. The first-order valence-electron chi connectivity index (χ1n) is 6.31. The molecule has 0 radical (unpaired) electrons. The van der Waals surface area contributed by atoms with E-state index in [-0.39, 0.29) is 0 Å². The molecule has 0 saturated heterocycles. The molecule has 0 saturated carbocycles. The van der Waals surface area contributed by atoms with Gasteiger partial charge in [-0.25, -0.2) is 4.98 Å². The van der Waals surface area contributed by atoms with Crippen LogP contribution in [0.3, 0.4) is 0 Å². The Labute approximate surface area is 108 Å². The van der Waals surface area contributed by atoms with Crippen molar-refractivity contribution in [1.29, 1.82) is 0 Å². The van der Waals surface area contributed by atoms with Crippen LogP contribution in [0.1, 0.15) is 17.8 Å². The van der Waals surface area contributed by atoms with Crippen LogP contribution in [0, 0.1) is 0 Å². The zero-order chi connectivity index (χ0) is 12.6. The smallest absolute Gasteiger partial charge is 0.127 e. The van der Waals surface area contributed by atoms with E-state index in [0.717, 1.165) is 31.6 Å². The second-order valence-electron chi connectivity index (χ2n) is 4.20. The summed E-state index contributed by atoms with van der Waals surface area (Å²) >= 11 is 0. The van der Waals surface area contributed by atoms with Gasteiger partial charge in [-0.1, -0.05) is 36.4 Å². The highest BCUT2D eigenvalue weighted by Crippen LogP contribution is 2.06. The lowest BCUT2D eigenvalue weighted by molar-refractivity contribution is 0.722. The van der Waals surface area contributed by atoms with Crippen LogP contribution >= 0.6 is 0 Å². The molecule has 0 spiro atoms. The summed E-state index contributed by atoms with van der Waals surface area (Å²) in [6, 6.07) is 10.6. The third kappa shape index (κ3) is 3.48. The number of rotatable bonds is 7. The van der Waals surface area contributed by atoms with Gasteiger partial charge < -0.3 is 5.43 Å². The van der Waals surface area contributed by atoms with E-state index in [4.69, 9.17) is 0 Å². The summed E-state index contributed by atoms with van der Waals surface area (Å²) < 4.78 is 1.98. The molecule has 94 valence electrons. The van der Waals surface area contributed by atoms with Crippen molar-refractivity contribution < 1.29 is 0 Å². The first kappa shape index (κ1) is 12.4. The Balaban J connectivity index is 1.83. The normalized spacial score (nSPS) is 10.2. The second kappa shape index (κ2) is 6.64. The average Bonchev–Trinajstić information content (AvgIpc) is 2.85. The summed E-state index contributed by atoms with van der Waals surface area (Å²) in [6.07, 6.45) is 8.79. The number of hydrogen-bond acceptors (Lipinski definition) is 2. The third-order valence-corrected chi connectivity index (χ3v) is 2.83. The Bertz CT molecular complexity index is 473. The van der Waals surface area contributed by atoms with Crippen LogP contribution in [0.4, 0.5) is 0 Å². The minimum absolute atomic E-state index is 0.752. The number of benzene rings is 1. The van der Waals surface area contributed by atoms with E-state index >= 15 is 0 Å². The molecule has 1 heterocycles. The van der Waals surface area contributed by atoms with Crippen LogP contribution in [0.25, 0.3) is 0 Å². The predicted molar refractivity (Wildman–Crippen MR) is 75.1 cm³/mol. The number of imidazole rings is 1. The maximum absolute atomic E-state index is 4.37. The predicted octanol–water partition coefficient (Wildman–Crippen LogP) is 2.79. The summed E-state index contributed by atoms with van der Waals surface area (Å²) in [5.41, 5.74) is 4.61. The summed E-state index contributed by atoms with van der Waals surface area (Å²) in [5.74, 6) is 1.08. The molecule has 0 aliphatic heterocycles. The Morgan fingerprint density at radius 2 is 2.06 bits per heavy atom. The molecule has 0 aliphatic carbocycles. The molecule has 0 aliphatic rings. The molecule has 1 N–H and O–H groups in total. The Kier molecular flexibility index (Phi) is 4.59. The van der Waals surface area contributed by atoms with Crippen molar-refractivity contribution in [3.63, 3.8) is 0 Å². The number of aromatic nitrogens is 2. The highest BCUT2D eigenvalue weighted by Gasteiger charge is 2.01. The van der Waals surface area contributed by atoms with E-state index in [0.29, 0.717) is 0 Å². The van der Waals surface area contributed by atoms with Gasteiger partial charge in [0.25, 0.3) is 0 Å². The van der Waals surface area contributed by atoms with Crippen LogP contribution < -0.4 is 5.43 Å². The molecule has 3 nitrogen and oxygen atoms in total. The van der Waals surface area contributed by atoms with Crippen LogP contribution in [0.15, 0.2) is 55.4 Å². The van der Waals surface area contributed by atoms with Crippen molar-refractivity contribution in [3.05, 3.63) is 66.8 Å². The monoisotopic (exact) mass is 241 g/mol. The number of nitrogens with zero attached hydrogens (tertiary/aromatic N) is 2. The van der Waals surface area contributed by atoms with Crippen LogP contribution in [0.2, 0.25) is 0 Å². The van der Waals surface area contributed by atoms with Gasteiger partial charge in [0.1, 0.15) is 5.82 Å². The number of nitrogens with one attached hydrogen (secondary N) is 1. The van der Waals surface area contributed by atoms with Crippen molar-refractivity contribution in [2.45, 2.75) is 19.3 Å². The Morgan fingerprint density at radius 3 is 2.83 bits per heavy atom. The molecule has 3 heteroatoms. The fraction of sp³-hybridized carbons (Fsp3) is 0.267. The summed E-state index contributed by atoms with van der Waals surface area (Å²) in [5, 5.41) is 0. The molecule has 0 atom stereocenters. The van der Waals surface area contributed by atoms with Crippen molar-refractivity contribution in [2.75, 3.05) is 12.0 Å². The third-order valence-electron chi connectivity index (χ3n) is 2.83. The summed E-state index contributed by atoms with van der Waals surface area (Å²) in [6.45, 7) is 4.45. The SMILES string of the molecule is C=CCNn1ccnc1CCCc1ccccc1. The molecule has 1 aromatic heterocycles. The molecule has 0 unspecified atom stereocenters. The molecule has 0 fully saturated rings. The van der Waals surface area contributed by atoms with Gasteiger partial charge in [0.2, 0.25) is 0 Å². The van der Waals surface area contributed by atoms with Gasteiger partial charge in [0.05, 0.1) is 0 Å². The molecular weight excluding hydrogens is 222 g/mol. The highest BCUT2D eigenvalue weighted by atomic mass is 15.4. The number of aryl methyl sites for hydroxylation is 2. The summed E-state index contributed by atoms with van der Waals surface area (Å²) in [4.78, 5) is 4.37. The molecule has 2 aromatic rings. The fourth-order valence-electron chi connectivity index (χ4n) is 1.92. The van der Waals surface area contributed by atoms with E-state index in [1.807, 2.05) is 23.1 Å². The first-order valence-corrected chi connectivity index (χ1v) is 6.31. The molecule has 1 aromatic carbocycles. The largest absolute Gasteiger partial charge is 0.321 e. The minimum atomic E-state index is 0.752. The van der Waals surface area contributed by atoms with Gasteiger partial charge in [-0.3, -0.25) is 4.68 Å². The van der Waals surface area contributed by atoms with Crippen LogP contribution in [-0.4, -0.2) is 16.2 Å². The van der Waals surface area contributed by atoms with Crippen LogP contribution in [0.5, 0.6) is 0 Å². The minimum Gasteiger partial charge on any atom is -0.321 e. The van der Waals surface area contributed by atoms with Gasteiger partial charge in [-0.15, -0.1) is 6.58 Å². The lowest BCUT2D eigenvalue weighted by Gasteiger charge is -2.08. The lowest BCUT2D eigenvalue weighted by Crippen LogP contribution is -2.16. The zero-order valence-electron chi connectivity index (χ0n) is 10.5. The zero-order valence-corrected chi connectivity index (χ0v) is 10.5. The quantitative estimate of drug-likeness (QED) is 0.755. The Morgan fingerprint density at radius 1 is 1.22 bits per heavy atom. The molecular formula is C15H19N3. The van der Waals surface area contributed by atoms with E-state index in [9.17, 15) is 0 Å². The van der Waals surface area contributed by atoms with E-state index in [1.165, 1.54) is 5.56 Å². The molecule has 0 bridgehead atoms. The van der Waals surface area contributed by atoms with E-state index in [2.05, 4.69) is 47.3 Å². The van der Waals surface area contributed by atoms with Gasteiger partial charge in [0, 0.05) is 25.4 Å². The van der Waals surface area contributed by atoms with E-state index in [1.54, 1.807) is 0 Å². The van der Waals surface area contributed by atoms with Crippen molar-refractivity contribution in [2.24, 2.45) is 0 Å². The van der Waals surface area contributed by atoms with Gasteiger partial charge in [0.15, 0.2) is 0 Å². The highest BCUT2D eigenvalue weighted by molar-refractivity contribution is 5.14. The average molecular weight is 241 g/mol. The maximum Gasteiger partial charge on any atom is 0.127 e. The van der Waals surface area contributed by atoms with Crippen LogP contribution in [-0.2, 0) is 12.8 Å². The van der Waals surface area contributed by atoms with Crippen molar-refractivity contribution >= 4 is 0 Å². The second-order valence-corrected chi connectivity index (χ2v) is 4.20. The maximum atomic E-state index is 4.37. The molecule has 0 amide bonds. The fourth-order valence-corrected chi connectivity index (χ4v) is 1.92. The van der Waals surface area contributed by atoms with E-state index < -0.39 is 0 Å². The summed E-state index contributed by atoms with van der Waals surface area (Å²) in [7, 11) is 0. The van der Waals surface area contributed by atoms with Gasteiger partial charge in [-0.2, -0.15) is 0 Å². The standard InChI is InChI=1S/C15H19N3/c1-2-11-17-18-13-12-16-15(18)10-6-9-14-7-4-3-5-8-14/h2-5,7-8,12-13,17H,1,6,9-11H2. The molecule has 2 rings (SSSR count). The topological polar surface area (TPSA) is 29.9 Å². The van der Waals surface area contributed by atoms with Crippen molar-refractivity contribution in [3.8, 4) is 0 Å². The van der Waals surface area contributed by atoms with Crippen molar-refractivity contribution in [1.82, 2.24) is 9.66 Å². The molecule has 18 heavy (non-hydrogen) atoms. The lowest BCUT2D eigenvalue weighted by atomic mass is 10.1. The first-order chi connectivity index (χ1) is 8.90.